The number of allylic oxidation sites excluding steroid dienone is 5. The SMILES string of the molecule is C/C=C(\C)C[C@H](C)[C@@H](O[Si](C)(C)C(C)(C)C)[C@H](C)[C@@H](OCc1ccc(OC)cc1)[C@H](C)/C=C(C)/C=C/C[C@@H](C)COCc1ccc(OC)cc1. The minimum Gasteiger partial charge on any atom is -0.497 e. The molecule has 0 saturated carbocycles. The van der Waals surface area contributed by atoms with Crippen LogP contribution in [0.25, 0.3) is 0 Å². The standard InChI is InChI=1S/C44H70O5Si/c1-15-32(2)27-36(6)43(49-50(13,14)44(8,9)10)37(7)42(48-31-39-21-25-41(46-12)26-22-39)35(5)28-33(3)17-16-18-34(4)29-47-30-38-19-23-40(45-11)24-20-38/h15-17,19-26,28,34-37,42-43H,18,27,29-31H2,1-14H3/b17-16+,32-15+,33-28+/t34-,35-,36+,37-,42+,43-/m1/s1. The summed E-state index contributed by atoms with van der Waals surface area (Å²) in [6.45, 7) is 29.4. The second-order valence-corrected chi connectivity index (χ2v) is 20.8. The number of ether oxygens (including phenoxy) is 4. The normalized spacial score (nSPS) is 16.9. The fraction of sp³-hybridized carbons (Fsp3) is 0.591. The van der Waals surface area contributed by atoms with E-state index in [2.05, 4.69) is 131 Å². The Morgan fingerprint density at radius 1 is 0.800 bits per heavy atom. The van der Waals surface area contributed by atoms with E-state index in [0.717, 1.165) is 42.1 Å². The van der Waals surface area contributed by atoms with Crippen LogP contribution in [0, 0.1) is 23.7 Å². The van der Waals surface area contributed by atoms with E-state index in [-0.39, 0.29) is 29.1 Å². The molecule has 0 aliphatic heterocycles. The van der Waals surface area contributed by atoms with Crippen LogP contribution in [0.3, 0.4) is 0 Å². The lowest BCUT2D eigenvalue weighted by atomic mass is 9.81. The van der Waals surface area contributed by atoms with Gasteiger partial charge in [-0.2, -0.15) is 0 Å². The summed E-state index contributed by atoms with van der Waals surface area (Å²) in [6.07, 6.45) is 11.1. The van der Waals surface area contributed by atoms with Gasteiger partial charge in [0, 0.05) is 18.4 Å². The van der Waals surface area contributed by atoms with Crippen LogP contribution < -0.4 is 9.47 Å². The molecule has 0 radical (unpaired) electrons. The second kappa shape index (κ2) is 21.0. The van der Waals surface area contributed by atoms with Crippen molar-refractivity contribution >= 4 is 8.32 Å². The van der Waals surface area contributed by atoms with E-state index in [1.54, 1.807) is 14.2 Å². The van der Waals surface area contributed by atoms with Gasteiger partial charge in [-0.15, -0.1) is 0 Å². The van der Waals surface area contributed by atoms with Crippen molar-refractivity contribution in [2.24, 2.45) is 23.7 Å². The topological polar surface area (TPSA) is 46.2 Å². The van der Waals surface area contributed by atoms with Gasteiger partial charge in [0.15, 0.2) is 8.32 Å². The van der Waals surface area contributed by atoms with E-state index in [4.69, 9.17) is 23.4 Å². The minimum atomic E-state index is -2.06. The molecule has 0 aliphatic rings. The Kier molecular flexibility index (Phi) is 18.3. The van der Waals surface area contributed by atoms with Gasteiger partial charge in [0.25, 0.3) is 0 Å². The van der Waals surface area contributed by atoms with Crippen LogP contribution in [0.15, 0.2) is 84.0 Å². The van der Waals surface area contributed by atoms with Crippen molar-refractivity contribution < 1.29 is 23.4 Å². The molecule has 0 N–H and O–H groups in total. The van der Waals surface area contributed by atoms with Crippen molar-refractivity contribution in [2.75, 3.05) is 20.8 Å². The van der Waals surface area contributed by atoms with Gasteiger partial charge in [-0.3, -0.25) is 0 Å². The lowest BCUT2D eigenvalue weighted by Crippen LogP contribution is -2.50. The summed E-state index contributed by atoms with van der Waals surface area (Å²) < 4.78 is 30.9. The fourth-order valence-electron chi connectivity index (χ4n) is 6.10. The van der Waals surface area contributed by atoms with Crippen molar-refractivity contribution in [1.82, 2.24) is 0 Å². The molecule has 2 rings (SSSR count). The zero-order valence-electron chi connectivity index (χ0n) is 34.0. The van der Waals surface area contributed by atoms with Crippen LogP contribution in [0.5, 0.6) is 11.5 Å². The summed E-state index contributed by atoms with van der Waals surface area (Å²) in [5.41, 5.74) is 4.94. The first-order valence-corrected chi connectivity index (χ1v) is 21.5. The molecule has 280 valence electrons. The molecule has 6 heteroatoms. The first-order valence-electron chi connectivity index (χ1n) is 18.6. The first-order chi connectivity index (χ1) is 23.5. The maximum atomic E-state index is 7.31. The number of rotatable bonds is 21. The molecule has 2 aromatic rings. The quantitative estimate of drug-likeness (QED) is 0.0734. The highest BCUT2D eigenvalue weighted by atomic mass is 28.4. The number of benzene rings is 2. The molecule has 0 saturated heterocycles. The van der Waals surface area contributed by atoms with E-state index in [9.17, 15) is 0 Å². The molecule has 0 amide bonds. The van der Waals surface area contributed by atoms with Crippen LogP contribution in [-0.2, 0) is 27.1 Å². The Morgan fingerprint density at radius 3 is 1.84 bits per heavy atom. The van der Waals surface area contributed by atoms with Gasteiger partial charge in [-0.25, -0.2) is 0 Å². The number of methoxy groups -OCH3 is 2. The first kappa shape index (κ1) is 43.5. The highest BCUT2D eigenvalue weighted by Gasteiger charge is 2.43. The Bertz CT molecular complexity index is 1340. The molecule has 0 aliphatic carbocycles. The number of hydrogen-bond donors (Lipinski definition) is 0. The van der Waals surface area contributed by atoms with Crippen molar-refractivity contribution in [3.63, 3.8) is 0 Å². The van der Waals surface area contributed by atoms with Crippen LogP contribution in [-0.4, -0.2) is 41.4 Å². The summed E-state index contributed by atoms with van der Waals surface area (Å²) >= 11 is 0. The lowest BCUT2D eigenvalue weighted by molar-refractivity contribution is -0.0645. The molecule has 0 spiro atoms. The monoisotopic (exact) mass is 706 g/mol. The molecule has 2 aromatic carbocycles. The molecule has 0 bridgehead atoms. The predicted molar refractivity (Wildman–Crippen MR) is 215 cm³/mol. The number of hydrogen-bond acceptors (Lipinski definition) is 5. The average Bonchev–Trinajstić information content (AvgIpc) is 3.07. The second-order valence-electron chi connectivity index (χ2n) is 16.0. The Hall–Kier alpha value is -2.64. The summed E-state index contributed by atoms with van der Waals surface area (Å²) in [6, 6.07) is 16.3. The summed E-state index contributed by atoms with van der Waals surface area (Å²) in [5, 5.41) is 0.116. The molecule has 0 fully saturated rings. The maximum absolute atomic E-state index is 7.31. The zero-order valence-corrected chi connectivity index (χ0v) is 35.0. The summed E-state index contributed by atoms with van der Waals surface area (Å²) in [5.74, 6) is 2.85. The fourth-order valence-corrected chi connectivity index (χ4v) is 7.58. The zero-order chi connectivity index (χ0) is 37.5. The van der Waals surface area contributed by atoms with Gasteiger partial charge >= 0.3 is 0 Å². The largest absolute Gasteiger partial charge is 0.497 e. The van der Waals surface area contributed by atoms with E-state index < -0.39 is 8.32 Å². The van der Waals surface area contributed by atoms with Crippen LogP contribution >= 0.6 is 0 Å². The van der Waals surface area contributed by atoms with E-state index in [0.29, 0.717) is 25.0 Å². The molecule has 6 atom stereocenters. The van der Waals surface area contributed by atoms with E-state index in [1.807, 2.05) is 24.3 Å². The Labute approximate surface area is 307 Å². The van der Waals surface area contributed by atoms with E-state index in [1.165, 1.54) is 11.1 Å². The maximum Gasteiger partial charge on any atom is 0.192 e. The van der Waals surface area contributed by atoms with Gasteiger partial charge in [0.2, 0.25) is 0 Å². The third kappa shape index (κ3) is 14.5. The lowest BCUT2D eigenvalue weighted by Gasteiger charge is -2.45. The average molecular weight is 707 g/mol. The third-order valence-corrected chi connectivity index (χ3v) is 14.8. The minimum absolute atomic E-state index is 0.0335. The van der Waals surface area contributed by atoms with Gasteiger partial charge in [0.1, 0.15) is 11.5 Å². The summed E-state index contributed by atoms with van der Waals surface area (Å²) in [7, 11) is 1.33. The van der Waals surface area contributed by atoms with Crippen molar-refractivity contribution in [3.8, 4) is 11.5 Å². The van der Waals surface area contributed by atoms with Gasteiger partial charge in [-0.05, 0) is 99.0 Å². The van der Waals surface area contributed by atoms with Crippen LogP contribution in [0.1, 0.15) is 93.2 Å². The highest BCUT2D eigenvalue weighted by molar-refractivity contribution is 6.74. The molecule has 0 aromatic heterocycles. The van der Waals surface area contributed by atoms with Crippen molar-refractivity contribution in [3.05, 3.63) is 95.1 Å². The smallest absolute Gasteiger partial charge is 0.192 e. The molecular formula is C44H70O5Si. The molecule has 0 heterocycles. The van der Waals surface area contributed by atoms with Crippen molar-refractivity contribution in [2.45, 2.75) is 126 Å². The van der Waals surface area contributed by atoms with Crippen molar-refractivity contribution in [1.29, 1.82) is 0 Å². The molecule has 5 nitrogen and oxygen atoms in total. The predicted octanol–water partition coefficient (Wildman–Crippen LogP) is 12.0. The van der Waals surface area contributed by atoms with Crippen LogP contribution in [0.4, 0.5) is 0 Å². The van der Waals surface area contributed by atoms with Gasteiger partial charge in [-0.1, -0.05) is 108 Å². The Morgan fingerprint density at radius 2 is 1.34 bits per heavy atom. The van der Waals surface area contributed by atoms with Gasteiger partial charge < -0.3 is 23.4 Å². The summed E-state index contributed by atoms with van der Waals surface area (Å²) in [4.78, 5) is 0. The molecule has 0 unspecified atom stereocenters. The molecular weight excluding hydrogens is 637 g/mol. The van der Waals surface area contributed by atoms with Gasteiger partial charge in [0.05, 0.1) is 39.6 Å². The van der Waals surface area contributed by atoms with E-state index >= 15 is 0 Å². The third-order valence-electron chi connectivity index (χ3n) is 10.4. The van der Waals surface area contributed by atoms with Crippen LogP contribution in [0.2, 0.25) is 18.1 Å². The Balaban J connectivity index is 2.24. The molecule has 50 heavy (non-hydrogen) atoms. The highest BCUT2D eigenvalue weighted by Crippen LogP contribution is 2.41.